The van der Waals surface area contributed by atoms with E-state index in [1.165, 1.54) is 11.3 Å². The first kappa shape index (κ1) is 18.0. The van der Waals surface area contributed by atoms with Crippen molar-refractivity contribution in [3.63, 3.8) is 0 Å². The third kappa shape index (κ3) is 4.16. The van der Waals surface area contributed by atoms with E-state index in [1.807, 2.05) is 24.5 Å². The van der Waals surface area contributed by atoms with Gasteiger partial charge in [-0.1, -0.05) is 0 Å². The van der Waals surface area contributed by atoms with Crippen molar-refractivity contribution in [3.8, 4) is 0 Å². The van der Waals surface area contributed by atoms with Gasteiger partial charge in [-0.15, -0.1) is 0 Å². The summed E-state index contributed by atoms with van der Waals surface area (Å²) in [6.45, 7) is 8.15. The summed E-state index contributed by atoms with van der Waals surface area (Å²) < 4.78 is 5.46. The lowest BCUT2D eigenvalue weighted by molar-refractivity contribution is -0.137. The molecule has 0 aromatic carbocycles. The third-order valence-corrected chi connectivity index (χ3v) is 5.74. The van der Waals surface area contributed by atoms with Gasteiger partial charge in [-0.25, -0.2) is 0 Å². The molecule has 2 aromatic rings. The van der Waals surface area contributed by atoms with Crippen LogP contribution in [0.25, 0.3) is 0 Å². The molecule has 0 saturated carbocycles. The molecule has 0 spiro atoms. The molecule has 6 heteroatoms. The Morgan fingerprint density at radius 2 is 2.07 bits per heavy atom. The Kier molecular flexibility index (Phi) is 5.43. The van der Waals surface area contributed by atoms with Crippen molar-refractivity contribution in [2.45, 2.75) is 26.3 Å². The van der Waals surface area contributed by atoms with Crippen molar-refractivity contribution in [2.75, 3.05) is 44.2 Å². The molecular weight excluding hydrogens is 340 g/mol. The minimum atomic E-state index is 0.114. The summed E-state index contributed by atoms with van der Waals surface area (Å²) in [6, 6.07) is 6.00. The standard InChI is InChI=1S/C21H28N4O2/c1-17-14-22-7-6-20(17)24-9-11-25(12-10-24)21(26)18-4-2-8-23(15-18)16-19-5-3-13-27-19/h3,5-7,13-14,18H,2,4,8-12,15-16H2,1H3. The number of nitrogens with zero attached hydrogens (tertiary/aromatic N) is 4. The number of carbonyl (C=O) groups excluding carboxylic acids is 1. The highest BCUT2D eigenvalue weighted by Gasteiger charge is 2.31. The second-order valence-electron chi connectivity index (χ2n) is 7.63. The van der Waals surface area contributed by atoms with Crippen molar-refractivity contribution in [3.05, 3.63) is 48.2 Å². The Hall–Kier alpha value is -2.34. The Bertz CT molecular complexity index is 753. The van der Waals surface area contributed by atoms with Crippen molar-refractivity contribution in [1.29, 1.82) is 0 Å². The molecule has 0 radical (unpaired) electrons. The van der Waals surface area contributed by atoms with E-state index in [2.05, 4.69) is 32.7 Å². The van der Waals surface area contributed by atoms with Crippen LogP contribution in [0.4, 0.5) is 5.69 Å². The first-order chi connectivity index (χ1) is 13.2. The highest BCUT2D eigenvalue weighted by molar-refractivity contribution is 5.79. The Morgan fingerprint density at radius 3 is 2.81 bits per heavy atom. The normalized spacial score (nSPS) is 21.4. The summed E-state index contributed by atoms with van der Waals surface area (Å²) in [5.41, 5.74) is 2.43. The lowest BCUT2D eigenvalue weighted by Gasteiger charge is -2.40. The predicted molar refractivity (Wildman–Crippen MR) is 104 cm³/mol. The number of pyridine rings is 1. The van der Waals surface area contributed by atoms with Crippen LogP contribution in [0.15, 0.2) is 41.3 Å². The van der Waals surface area contributed by atoms with E-state index in [0.717, 1.165) is 64.4 Å². The van der Waals surface area contributed by atoms with E-state index >= 15 is 0 Å². The Balaban J connectivity index is 1.31. The fraction of sp³-hybridized carbons (Fsp3) is 0.524. The molecule has 1 unspecified atom stereocenters. The highest BCUT2D eigenvalue weighted by Crippen LogP contribution is 2.24. The first-order valence-electron chi connectivity index (χ1n) is 9.90. The lowest BCUT2D eigenvalue weighted by Crippen LogP contribution is -2.52. The molecule has 0 aliphatic carbocycles. The van der Waals surface area contributed by atoms with Gasteiger partial charge in [-0.2, -0.15) is 0 Å². The van der Waals surface area contributed by atoms with Crippen LogP contribution in [0, 0.1) is 12.8 Å². The van der Waals surface area contributed by atoms with Gasteiger partial charge in [-0.3, -0.25) is 14.7 Å². The number of hydrogen-bond donors (Lipinski definition) is 0. The lowest BCUT2D eigenvalue weighted by atomic mass is 9.96. The second kappa shape index (κ2) is 8.13. The van der Waals surface area contributed by atoms with Crippen molar-refractivity contribution >= 4 is 11.6 Å². The topological polar surface area (TPSA) is 52.8 Å². The van der Waals surface area contributed by atoms with E-state index in [9.17, 15) is 4.79 Å². The summed E-state index contributed by atoms with van der Waals surface area (Å²) in [4.78, 5) is 24.0. The van der Waals surface area contributed by atoms with Crippen LogP contribution in [-0.2, 0) is 11.3 Å². The van der Waals surface area contributed by atoms with Crippen molar-refractivity contribution < 1.29 is 9.21 Å². The SMILES string of the molecule is Cc1cnccc1N1CCN(C(=O)C2CCCN(Cc3ccco3)C2)CC1. The van der Waals surface area contributed by atoms with Crippen LogP contribution >= 0.6 is 0 Å². The molecule has 2 aromatic heterocycles. The number of carbonyl (C=O) groups is 1. The number of hydrogen-bond acceptors (Lipinski definition) is 5. The summed E-state index contributed by atoms with van der Waals surface area (Å²) in [5.74, 6) is 1.41. The molecule has 27 heavy (non-hydrogen) atoms. The van der Waals surface area contributed by atoms with Gasteiger partial charge in [-0.05, 0) is 50.1 Å². The molecule has 0 bridgehead atoms. The number of rotatable bonds is 4. The smallest absolute Gasteiger partial charge is 0.227 e. The molecular formula is C21H28N4O2. The minimum absolute atomic E-state index is 0.114. The average Bonchev–Trinajstić information content (AvgIpc) is 3.21. The Labute approximate surface area is 160 Å². The van der Waals surface area contributed by atoms with Gasteiger partial charge in [0.15, 0.2) is 0 Å². The van der Waals surface area contributed by atoms with Crippen LogP contribution < -0.4 is 4.90 Å². The molecule has 2 aliphatic rings. The maximum absolute atomic E-state index is 13.1. The summed E-state index contributed by atoms with van der Waals surface area (Å²) in [5, 5.41) is 0. The number of furan rings is 1. The number of aryl methyl sites for hydroxylation is 1. The van der Waals surface area contributed by atoms with Crippen LogP contribution in [0.3, 0.4) is 0 Å². The van der Waals surface area contributed by atoms with Gasteiger partial charge in [0.05, 0.1) is 18.7 Å². The molecule has 4 rings (SSSR count). The first-order valence-corrected chi connectivity index (χ1v) is 9.90. The third-order valence-electron chi connectivity index (χ3n) is 5.74. The van der Waals surface area contributed by atoms with Crippen LogP contribution in [0.2, 0.25) is 0 Å². The van der Waals surface area contributed by atoms with Gasteiger partial charge in [0.1, 0.15) is 5.76 Å². The van der Waals surface area contributed by atoms with Gasteiger partial charge < -0.3 is 14.2 Å². The molecule has 144 valence electrons. The van der Waals surface area contributed by atoms with Gasteiger partial charge in [0, 0.05) is 50.8 Å². The average molecular weight is 368 g/mol. The van der Waals surface area contributed by atoms with E-state index in [4.69, 9.17) is 4.42 Å². The number of likely N-dealkylation sites (tertiary alicyclic amines) is 1. The zero-order valence-electron chi connectivity index (χ0n) is 16.0. The largest absolute Gasteiger partial charge is 0.468 e. The second-order valence-corrected chi connectivity index (χ2v) is 7.63. The van der Waals surface area contributed by atoms with E-state index < -0.39 is 0 Å². The van der Waals surface area contributed by atoms with E-state index in [1.54, 1.807) is 6.26 Å². The zero-order valence-corrected chi connectivity index (χ0v) is 16.0. The number of amides is 1. The van der Waals surface area contributed by atoms with Gasteiger partial charge >= 0.3 is 0 Å². The van der Waals surface area contributed by atoms with Crippen molar-refractivity contribution in [2.24, 2.45) is 5.92 Å². The zero-order chi connectivity index (χ0) is 18.6. The van der Waals surface area contributed by atoms with E-state index in [0.29, 0.717) is 5.91 Å². The maximum Gasteiger partial charge on any atom is 0.227 e. The molecule has 0 N–H and O–H groups in total. The molecule has 2 saturated heterocycles. The quantitative estimate of drug-likeness (QED) is 0.830. The van der Waals surface area contributed by atoms with E-state index in [-0.39, 0.29) is 5.92 Å². The molecule has 1 atom stereocenters. The summed E-state index contributed by atoms with van der Waals surface area (Å²) in [7, 11) is 0. The van der Waals surface area contributed by atoms with Crippen LogP contribution in [0.1, 0.15) is 24.2 Å². The number of anilines is 1. The molecule has 6 nitrogen and oxygen atoms in total. The van der Waals surface area contributed by atoms with Gasteiger partial charge in [0.25, 0.3) is 0 Å². The van der Waals surface area contributed by atoms with Gasteiger partial charge in [0.2, 0.25) is 5.91 Å². The molecule has 4 heterocycles. The van der Waals surface area contributed by atoms with Crippen LogP contribution in [-0.4, -0.2) is 60.0 Å². The number of piperidine rings is 1. The fourth-order valence-electron chi connectivity index (χ4n) is 4.27. The van der Waals surface area contributed by atoms with Crippen LogP contribution in [0.5, 0.6) is 0 Å². The molecule has 1 amide bonds. The monoisotopic (exact) mass is 368 g/mol. The maximum atomic E-state index is 13.1. The van der Waals surface area contributed by atoms with Crippen molar-refractivity contribution in [1.82, 2.24) is 14.8 Å². The molecule has 2 fully saturated rings. The summed E-state index contributed by atoms with van der Waals surface area (Å²) >= 11 is 0. The predicted octanol–water partition coefficient (Wildman–Crippen LogP) is 2.54. The highest BCUT2D eigenvalue weighted by atomic mass is 16.3. The summed E-state index contributed by atoms with van der Waals surface area (Å²) in [6.07, 6.45) is 7.54. The number of piperazine rings is 1. The molecule has 2 aliphatic heterocycles. The minimum Gasteiger partial charge on any atom is -0.468 e. The Morgan fingerprint density at radius 1 is 1.22 bits per heavy atom. The number of aromatic nitrogens is 1. The fourth-order valence-corrected chi connectivity index (χ4v) is 4.27.